The maximum absolute atomic E-state index is 6.21. The van der Waals surface area contributed by atoms with Gasteiger partial charge >= 0.3 is 0 Å². The number of hydrogen-bond acceptors (Lipinski definition) is 3. The van der Waals surface area contributed by atoms with Crippen LogP contribution >= 0.6 is 23.2 Å². The van der Waals surface area contributed by atoms with Gasteiger partial charge in [-0.15, -0.1) is 0 Å². The van der Waals surface area contributed by atoms with Crippen LogP contribution in [0.3, 0.4) is 0 Å². The monoisotopic (exact) mass is 381 g/mol. The van der Waals surface area contributed by atoms with Crippen molar-refractivity contribution in [2.45, 2.75) is 37.8 Å². The van der Waals surface area contributed by atoms with Gasteiger partial charge < -0.3 is 9.47 Å². The van der Waals surface area contributed by atoms with Crippen molar-refractivity contribution in [1.29, 1.82) is 0 Å². The van der Waals surface area contributed by atoms with Crippen LogP contribution in [0, 0.1) is 0 Å². The second-order valence-electron chi connectivity index (χ2n) is 6.63. The van der Waals surface area contributed by atoms with Crippen LogP contribution in [0.25, 0.3) is 6.08 Å². The number of nitrogens with zero attached hydrogens (tertiary/aromatic N) is 1. The van der Waals surface area contributed by atoms with Crippen LogP contribution in [0.1, 0.15) is 31.2 Å². The molecule has 0 bridgehead atoms. The second-order valence-corrected chi connectivity index (χ2v) is 7.44. The molecule has 2 atom stereocenters. The Bertz CT molecular complexity index is 626. The fourth-order valence-corrected chi connectivity index (χ4v) is 3.89. The fraction of sp³-hybridized carbons (Fsp3) is 0.500. The number of hydrogen-bond donors (Lipinski definition) is 0. The second kappa shape index (κ2) is 9.09. The summed E-state index contributed by atoms with van der Waals surface area (Å²) >= 11 is 12.0. The third kappa shape index (κ3) is 5.24. The number of ether oxygens (including phenoxy) is 2. The molecule has 1 aliphatic carbocycles. The summed E-state index contributed by atoms with van der Waals surface area (Å²) in [6.07, 6.45) is 8.83. The third-order valence-electron chi connectivity index (χ3n) is 4.89. The van der Waals surface area contributed by atoms with E-state index in [1.54, 1.807) is 6.07 Å². The minimum Gasteiger partial charge on any atom is -0.489 e. The van der Waals surface area contributed by atoms with E-state index in [0.29, 0.717) is 21.8 Å². The van der Waals surface area contributed by atoms with E-state index in [0.717, 1.165) is 38.3 Å². The number of rotatable bonds is 5. The van der Waals surface area contributed by atoms with Crippen LogP contribution in [0.4, 0.5) is 0 Å². The maximum Gasteiger partial charge on any atom is 0.114 e. The molecule has 0 radical (unpaired) electrons. The van der Waals surface area contributed by atoms with Crippen LogP contribution < -0.4 is 0 Å². The summed E-state index contributed by atoms with van der Waals surface area (Å²) in [6.45, 7) is 7.71. The highest BCUT2D eigenvalue weighted by Crippen LogP contribution is 2.28. The minimum absolute atomic E-state index is 0.206. The molecule has 0 N–H and O–H groups in total. The van der Waals surface area contributed by atoms with E-state index in [1.807, 2.05) is 24.3 Å². The average molecular weight is 382 g/mol. The van der Waals surface area contributed by atoms with Crippen molar-refractivity contribution in [1.82, 2.24) is 4.90 Å². The zero-order valence-corrected chi connectivity index (χ0v) is 15.9. The number of morpholine rings is 1. The summed E-state index contributed by atoms with van der Waals surface area (Å²) in [5.74, 6) is 0.691. The van der Waals surface area contributed by atoms with Crippen molar-refractivity contribution < 1.29 is 9.47 Å². The molecule has 3 rings (SSSR count). The summed E-state index contributed by atoms with van der Waals surface area (Å²) in [6, 6.07) is 6.02. The first-order valence-corrected chi connectivity index (χ1v) is 9.69. The summed E-state index contributed by atoms with van der Waals surface area (Å²) in [5.41, 5.74) is 0.979. The lowest BCUT2D eigenvalue weighted by Gasteiger charge is -2.41. The first kappa shape index (κ1) is 18.8. The minimum atomic E-state index is 0.206. The van der Waals surface area contributed by atoms with Crippen LogP contribution in [-0.2, 0) is 9.47 Å². The van der Waals surface area contributed by atoms with E-state index >= 15 is 0 Å². The van der Waals surface area contributed by atoms with E-state index in [-0.39, 0.29) is 6.10 Å². The van der Waals surface area contributed by atoms with E-state index in [9.17, 15) is 0 Å². The van der Waals surface area contributed by atoms with Crippen molar-refractivity contribution >= 4 is 29.3 Å². The molecular weight excluding hydrogens is 357 g/mol. The lowest BCUT2D eigenvalue weighted by atomic mass is 9.91. The van der Waals surface area contributed by atoms with Crippen molar-refractivity contribution in [2.75, 3.05) is 26.3 Å². The van der Waals surface area contributed by atoms with E-state index < -0.39 is 0 Å². The van der Waals surface area contributed by atoms with Gasteiger partial charge in [-0.1, -0.05) is 48.3 Å². The predicted octanol–water partition coefficient (Wildman–Crippen LogP) is 5.18. The molecule has 2 unspecified atom stereocenters. The Morgan fingerprint density at radius 1 is 1.16 bits per heavy atom. The molecule has 2 fully saturated rings. The van der Waals surface area contributed by atoms with Gasteiger partial charge in [-0.3, -0.25) is 4.90 Å². The van der Waals surface area contributed by atoms with E-state index in [4.69, 9.17) is 32.7 Å². The van der Waals surface area contributed by atoms with Crippen molar-refractivity contribution in [3.8, 4) is 0 Å². The van der Waals surface area contributed by atoms with Gasteiger partial charge in [0.15, 0.2) is 0 Å². The average Bonchev–Trinajstić information content (AvgIpc) is 2.64. The van der Waals surface area contributed by atoms with E-state index in [1.165, 1.54) is 19.3 Å². The summed E-state index contributed by atoms with van der Waals surface area (Å²) in [7, 11) is 0. The standard InChI is InChI=1S/C20H25Cl2NO2/c1-15(6-7-16-8-9-17(21)18(22)14-16)25-20-5-3-2-4-19(20)23-10-12-24-13-11-23/h6-9,14,19-20H,1-5,10-13H2/b7-6+. The first-order valence-electron chi connectivity index (χ1n) is 8.94. The van der Waals surface area contributed by atoms with Gasteiger partial charge in [0.05, 0.1) is 23.3 Å². The molecule has 2 aliphatic rings. The number of allylic oxidation sites excluding steroid dienone is 1. The van der Waals surface area contributed by atoms with Gasteiger partial charge in [0, 0.05) is 19.1 Å². The maximum atomic E-state index is 6.21. The number of benzene rings is 1. The Labute approximate surface area is 160 Å². The zero-order valence-electron chi connectivity index (χ0n) is 14.4. The molecule has 1 aromatic rings. The molecule has 3 nitrogen and oxygen atoms in total. The lowest BCUT2D eigenvalue weighted by molar-refractivity contribution is -0.0441. The van der Waals surface area contributed by atoms with Gasteiger partial charge in [0.2, 0.25) is 0 Å². The van der Waals surface area contributed by atoms with E-state index in [2.05, 4.69) is 11.5 Å². The third-order valence-corrected chi connectivity index (χ3v) is 5.63. The molecule has 5 heteroatoms. The lowest BCUT2D eigenvalue weighted by Crippen LogP contribution is -2.50. The Hall–Kier alpha value is -1.00. The van der Waals surface area contributed by atoms with Crippen LogP contribution in [-0.4, -0.2) is 43.3 Å². The predicted molar refractivity (Wildman–Crippen MR) is 104 cm³/mol. The molecule has 1 saturated heterocycles. The van der Waals surface area contributed by atoms with Crippen molar-refractivity contribution in [3.63, 3.8) is 0 Å². The van der Waals surface area contributed by atoms with Crippen molar-refractivity contribution in [2.24, 2.45) is 0 Å². The molecule has 25 heavy (non-hydrogen) atoms. The topological polar surface area (TPSA) is 21.7 Å². The molecule has 0 aromatic heterocycles. The molecule has 136 valence electrons. The van der Waals surface area contributed by atoms with Gasteiger partial charge in [-0.25, -0.2) is 0 Å². The quantitative estimate of drug-likeness (QED) is 0.517. The smallest absolute Gasteiger partial charge is 0.114 e. The highest BCUT2D eigenvalue weighted by atomic mass is 35.5. The van der Waals surface area contributed by atoms with Gasteiger partial charge in [0.1, 0.15) is 11.9 Å². The van der Waals surface area contributed by atoms with Gasteiger partial charge in [-0.2, -0.15) is 0 Å². The summed E-state index contributed by atoms with van der Waals surface area (Å²) in [5, 5.41) is 1.11. The molecular formula is C20H25Cl2NO2. The fourth-order valence-electron chi connectivity index (χ4n) is 3.58. The zero-order chi connectivity index (χ0) is 17.6. The SMILES string of the molecule is C=C(/C=C/c1ccc(Cl)c(Cl)c1)OC1CCCCC1N1CCOCC1. The molecule has 0 amide bonds. The molecule has 1 aromatic carbocycles. The Morgan fingerprint density at radius 3 is 2.68 bits per heavy atom. The summed E-state index contributed by atoms with van der Waals surface area (Å²) in [4.78, 5) is 2.52. The normalized spacial score (nSPS) is 25.2. The Kier molecular flexibility index (Phi) is 6.83. The largest absolute Gasteiger partial charge is 0.489 e. The summed E-state index contributed by atoms with van der Waals surface area (Å²) < 4.78 is 11.7. The van der Waals surface area contributed by atoms with Crippen LogP contribution in [0.5, 0.6) is 0 Å². The molecule has 0 spiro atoms. The van der Waals surface area contributed by atoms with Crippen LogP contribution in [0.2, 0.25) is 10.0 Å². The van der Waals surface area contributed by atoms with Crippen LogP contribution in [0.15, 0.2) is 36.6 Å². The molecule has 1 saturated carbocycles. The Morgan fingerprint density at radius 2 is 1.92 bits per heavy atom. The number of halogens is 2. The van der Waals surface area contributed by atoms with Crippen molar-refractivity contribution in [3.05, 3.63) is 52.2 Å². The van der Waals surface area contributed by atoms with Gasteiger partial charge in [-0.05, 0) is 43.0 Å². The highest BCUT2D eigenvalue weighted by Gasteiger charge is 2.32. The Balaban J connectivity index is 1.59. The highest BCUT2D eigenvalue weighted by molar-refractivity contribution is 6.42. The first-order chi connectivity index (χ1) is 12.1. The molecule has 1 heterocycles. The van der Waals surface area contributed by atoms with Gasteiger partial charge in [0.25, 0.3) is 0 Å². The molecule has 1 aliphatic heterocycles.